The summed E-state index contributed by atoms with van der Waals surface area (Å²) in [6.07, 6.45) is 12.3. The molecule has 0 saturated heterocycles. The Balaban J connectivity index is 2.02. The summed E-state index contributed by atoms with van der Waals surface area (Å²) < 4.78 is 0. The Morgan fingerprint density at radius 3 is 2.27 bits per heavy atom. The second-order valence-electron chi connectivity index (χ2n) is 4.21. The van der Waals surface area contributed by atoms with Crippen LogP contribution in [-0.4, -0.2) is 0 Å². The molecule has 3 fully saturated rings. The van der Waals surface area contributed by atoms with E-state index in [1.54, 1.807) is 0 Å². The highest BCUT2D eigenvalue weighted by molar-refractivity contribution is 4.96. The van der Waals surface area contributed by atoms with Crippen molar-refractivity contribution in [1.82, 2.24) is 0 Å². The van der Waals surface area contributed by atoms with E-state index in [4.69, 9.17) is 0 Å². The standard InChI is InChI=1S/C11H18/c1-2-3-11-8-9-4-6-10(11)7-5-9/h2-3,9-11H,4-8H2,1H3/b3-2-. The Kier molecular flexibility index (Phi) is 2.02. The van der Waals surface area contributed by atoms with Gasteiger partial charge in [-0.2, -0.15) is 0 Å². The highest BCUT2D eigenvalue weighted by Gasteiger charge is 2.33. The lowest BCUT2D eigenvalue weighted by Crippen LogP contribution is -2.29. The third-order valence-electron chi connectivity index (χ3n) is 3.54. The van der Waals surface area contributed by atoms with Gasteiger partial charge in [0.2, 0.25) is 0 Å². The summed E-state index contributed by atoms with van der Waals surface area (Å²) in [5, 5.41) is 0. The van der Waals surface area contributed by atoms with E-state index in [1.165, 1.54) is 32.1 Å². The van der Waals surface area contributed by atoms with E-state index in [-0.39, 0.29) is 0 Å². The summed E-state index contributed by atoms with van der Waals surface area (Å²) >= 11 is 0. The van der Waals surface area contributed by atoms with Crippen LogP contribution in [0.15, 0.2) is 12.2 Å². The number of allylic oxidation sites excluding steroid dienone is 2. The van der Waals surface area contributed by atoms with E-state index in [2.05, 4.69) is 19.1 Å². The molecule has 3 aliphatic carbocycles. The maximum Gasteiger partial charge on any atom is -0.0203 e. The lowest BCUT2D eigenvalue weighted by atomic mass is 9.65. The van der Waals surface area contributed by atoms with Crippen LogP contribution in [0.25, 0.3) is 0 Å². The molecule has 3 saturated carbocycles. The van der Waals surface area contributed by atoms with Crippen LogP contribution in [0.4, 0.5) is 0 Å². The van der Waals surface area contributed by atoms with Crippen molar-refractivity contribution in [2.24, 2.45) is 17.8 Å². The monoisotopic (exact) mass is 150 g/mol. The maximum atomic E-state index is 2.44. The summed E-state index contributed by atoms with van der Waals surface area (Å²) in [6, 6.07) is 0. The van der Waals surface area contributed by atoms with E-state index in [9.17, 15) is 0 Å². The molecule has 0 aliphatic heterocycles. The molecule has 3 rings (SSSR count). The molecular weight excluding hydrogens is 132 g/mol. The first-order valence-electron chi connectivity index (χ1n) is 5.03. The fourth-order valence-electron chi connectivity index (χ4n) is 2.91. The van der Waals surface area contributed by atoms with E-state index in [1.807, 2.05) is 0 Å². The molecule has 0 radical (unpaired) electrons. The number of hydrogen-bond donors (Lipinski definition) is 0. The van der Waals surface area contributed by atoms with Crippen LogP contribution in [0.1, 0.15) is 39.0 Å². The van der Waals surface area contributed by atoms with Crippen molar-refractivity contribution in [3.8, 4) is 0 Å². The summed E-state index contributed by atoms with van der Waals surface area (Å²) in [4.78, 5) is 0. The summed E-state index contributed by atoms with van der Waals surface area (Å²) in [5.74, 6) is 3.09. The summed E-state index contributed by atoms with van der Waals surface area (Å²) in [7, 11) is 0. The van der Waals surface area contributed by atoms with Gasteiger partial charge in [-0.15, -0.1) is 0 Å². The molecular formula is C11H18. The molecule has 62 valence electrons. The first-order chi connectivity index (χ1) is 5.40. The molecule has 2 bridgehead atoms. The second kappa shape index (κ2) is 3.00. The molecule has 0 aromatic rings. The number of fused-ring (bicyclic) bond motifs is 3. The molecule has 3 aliphatic rings. The summed E-state index contributed by atoms with van der Waals surface area (Å²) in [5.41, 5.74) is 0. The van der Waals surface area contributed by atoms with Crippen molar-refractivity contribution in [3.05, 3.63) is 12.2 Å². The molecule has 1 atom stereocenters. The third kappa shape index (κ3) is 1.36. The predicted octanol–water partition coefficient (Wildman–Crippen LogP) is 3.39. The lowest BCUT2D eigenvalue weighted by Gasteiger charge is -2.41. The topological polar surface area (TPSA) is 0 Å². The average Bonchev–Trinajstić information content (AvgIpc) is 2.07. The Morgan fingerprint density at radius 1 is 1.09 bits per heavy atom. The van der Waals surface area contributed by atoms with Gasteiger partial charge in [0, 0.05) is 0 Å². The Bertz CT molecular complexity index is 149. The zero-order valence-corrected chi connectivity index (χ0v) is 7.42. The normalized spacial score (nSPS) is 43.5. The SMILES string of the molecule is C/C=C\C1CC2CCC1CC2. The molecule has 11 heavy (non-hydrogen) atoms. The molecule has 1 unspecified atom stereocenters. The van der Waals surface area contributed by atoms with Crippen molar-refractivity contribution in [1.29, 1.82) is 0 Å². The van der Waals surface area contributed by atoms with Gasteiger partial charge in [-0.3, -0.25) is 0 Å². The molecule has 0 nitrogen and oxygen atoms in total. The van der Waals surface area contributed by atoms with E-state index in [0.717, 1.165) is 17.8 Å². The largest absolute Gasteiger partial charge is 0.0914 e. The predicted molar refractivity (Wildman–Crippen MR) is 48.4 cm³/mol. The van der Waals surface area contributed by atoms with Crippen molar-refractivity contribution in [2.45, 2.75) is 39.0 Å². The van der Waals surface area contributed by atoms with Crippen LogP contribution in [0.3, 0.4) is 0 Å². The quantitative estimate of drug-likeness (QED) is 0.503. The van der Waals surface area contributed by atoms with Gasteiger partial charge in [-0.25, -0.2) is 0 Å². The minimum Gasteiger partial charge on any atom is -0.0914 e. The highest BCUT2D eigenvalue weighted by Crippen LogP contribution is 2.45. The third-order valence-corrected chi connectivity index (χ3v) is 3.54. The van der Waals surface area contributed by atoms with Crippen LogP contribution in [0.5, 0.6) is 0 Å². The minimum absolute atomic E-state index is 0.951. The van der Waals surface area contributed by atoms with Crippen molar-refractivity contribution in [2.75, 3.05) is 0 Å². The molecule has 0 aromatic heterocycles. The van der Waals surface area contributed by atoms with Crippen molar-refractivity contribution in [3.63, 3.8) is 0 Å². The van der Waals surface area contributed by atoms with Crippen molar-refractivity contribution >= 4 is 0 Å². The van der Waals surface area contributed by atoms with Crippen LogP contribution >= 0.6 is 0 Å². The Morgan fingerprint density at radius 2 is 1.82 bits per heavy atom. The molecule has 0 amide bonds. The van der Waals surface area contributed by atoms with E-state index >= 15 is 0 Å². The van der Waals surface area contributed by atoms with Gasteiger partial charge >= 0.3 is 0 Å². The van der Waals surface area contributed by atoms with Crippen LogP contribution < -0.4 is 0 Å². The van der Waals surface area contributed by atoms with Gasteiger partial charge in [-0.1, -0.05) is 25.0 Å². The molecule has 0 N–H and O–H groups in total. The van der Waals surface area contributed by atoms with Gasteiger partial charge < -0.3 is 0 Å². The van der Waals surface area contributed by atoms with Crippen molar-refractivity contribution < 1.29 is 0 Å². The van der Waals surface area contributed by atoms with Gasteiger partial charge in [0.1, 0.15) is 0 Å². The van der Waals surface area contributed by atoms with Gasteiger partial charge in [0.15, 0.2) is 0 Å². The van der Waals surface area contributed by atoms with Gasteiger partial charge in [0.25, 0.3) is 0 Å². The van der Waals surface area contributed by atoms with E-state index in [0.29, 0.717) is 0 Å². The maximum absolute atomic E-state index is 2.44. The summed E-state index contributed by atoms with van der Waals surface area (Å²) in [6.45, 7) is 2.16. The van der Waals surface area contributed by atoms with Crippen LogP contribution in [0, 0.1) is 17.8 Å². The number of rotatable bonds is 1. The van der Waals surface area contributed by atoms with E-state index < -0.39 is 0 Å². The molecule has 0 spiro atoms. The zero-order valence-electron chi connectivity index (χ0n) is 7.42. The fourth-order valence-corrected chi connectivity index (χ4v) is 2.91. The van der Waals surface area contributed by atoms with Crippen LogP contribution in [-0.2, 0) is 0 Å². The average molecular weight is 150 g/mol. The Hall–Kier alpha value is -0.260. The lowest BCUT2D eigenvalue weighted by molar-refractivity contribution is 0.128. The molecule has 0 heteroatoms. The fraction of sp³-hybridized carbons (Fsp3) is 0.818. The minimum atomic E-state index is 0.951. The molecule has 0 aromatic carbocycles. The first kappa shape index (κ1) is 7.39. The zero-order chi connectivity index (χ0) is 7.68. The van der Waals surface area contributed by atoms with Crippen LogP contribution in [0.2, 0.25) is 0 Å². The number of hydrogen-bond acceptors (Lipinski definition) is 0. The first-order valence-corrected chi connectivity index (χ1v) is 5.03. The van der Waals surface area contributed by atoms with Gasteiger partial charge in [0.05, 0.1) is 0 Å². The Labute approximate surface area is 69.7 Å². The van der Waals surface area contributed by atoms with Gasteiger partial charge in [-0.05, 0) is 43.9 Å². The highest BCUT2D eigenvalue weighted by atomic mass is 14.4. The molecule has 0 heterocycles. The smallest absolute Gasteiger partial charge is 0.0203 e. The second-order valence-corrected chi connectivity index (χ2v) is 4.21.